The third-order valence-electron chi connectivity index (χ3n) is 7.21. The Kier molecular flexibility index (Phi) is 7.11. The number of aryl methyl sites for hydroxylation is 1. The number of ether oxygens (including phenoxy) is 1. The molecule has 0 bridgehead atoms. The predicted molar refractivity (Wildman–Crippen MR) is 157 cm³/mol. The van der Waals surface area contributed by atoms with Crippen LogP contribution < -0.4 is 14.5 Å². The first kappa shape index (κ1) is 25.8. The molecule has 1 saturated heterocycles. The number of anilines is 2. The molecule has 5 heteroatoms. The lowest BCUT2D eigenvalue weighted by Crippen LogP contribution is -2.36. The molecular formula is C33H37N3O2. The van der Waals surface area contributed by atoms with E-state index in [1.807, 2.05) is 23.2 Å². The lowest BCUT2D eigenvalue weighted by Gasteiger charge is -2.33. The molecule has 1 fully saturated rings. The minimum atomic E-state index is -0.124. The molecule has 5 rings (SSSR count). The number of hydrogen-bond acceptors (Lipinski definition) is 4. The standard InChI is InChI=1S/C33H37N3O2/c1-23-19-26(11-14-30(23)38-5)25-9-7-24(8-10-25)22-36(31(37)21-33(2,3)4)32-29-13-12-28(35-17-6-18-35)20-27(29)15-16-34-32/h7-16,19-20H,6,17-18,21-22H2,1-5H3. The number of amides is 1. The third-order valence-corrected chi connectivity index (χ3v) is 7.21. The van der Waals surface area contributed by atoms with E-state index >= 15 is 0 Å². The number of benzene rings is 3. The summed E-state index contributed by atoms with van der Waals surface area (Å²) >= 11 is 0. The lowest BCUT2D eigenvalue weighted by atomic mass is 9.91. The molecule has 0 unspecified atom stereocenters. The predicted octanol–water partition coefficient (Wildman–Crippen LogP) is 7.40. The van der Waals surface area contributed by atoms with E-state index in [1.165, 1.54) is 12.1 Å². The summed E-state index contributed by atoms with van der Waals surface area (Å²) in [6, 6.07) is 23.2. The molecule has 5 nitrogen and oxygen atoms in total. The van der Waals surface area contributed by atoms with Crippen LogP contribution in [0.4, 0.5) is 11.5 Å². The van der Waals surface area contributed by atoms with Gasteiger partial charge in [0.1, 0.15) is 11.6 Å². The first-order chi connectivity index (χ1) is 18.2. The number of fused-ring (bicyclic) bond motifs is 1. The molecule has 196 valence electrons. The molecule has 4 aromatic rings. The zero-order valence-corrected chi connectivity index (χ0v) is 23.1. The summed E-state index contributed by atoms with van der Waals surface area (Å²) in [4.78, 5) is 22.7. The number of carbonyl (C=O) groups is 1. The second kappa shape index (κ2) is 10.5. The molecule has 1 aliphatic heterocycles. The largest absolute Gasteiger partial charge is 0.496 e. The van der Waals surface area contributed by atoms with Gasteiger partial charge in [0, 0.05) is 36.8 Å². The Morgan fingerprint density at radius 1 is 0.974 bits per heavy atom. The summed E-state index contributed by atoms with van der Waals surface area (Å²) in [5, 5.41) is 2.11. The van der Waals surface area contributed by atoms with Gasteiger partial charge in [-0.3, -0.25) is 9.69 Å². The second-order valence-electron chi connectivity index (χ2n) is 11.5. The molecule has 38 heavy (non-hydrogen) atoms. The first-order valence-electron chi connectivity index (χ1n) is 13.4. The fourth-order valence-electron chi connectivity index (χ4n) is 5.01. The average Bonchev–Trinajstić information content (AvgIpc) is 2.85. The van der Waals surface area contributed by atoms with E-state index in [-0.39, 0.29) is 11.3 Å². The monoisotopic (exact) mass is 507 g/mol. The van der Waals surface area contributed by atoms with Crippen molar-refractivity contribution in [1.82, 2.24) is 4.98 Å². The van der Waals surface area contributed by atoms with Crippen LogP contribution in [0.5, 0.6) is 5.75 Å². The van der Waals surface area contributed by atoms with Gasteiger partial charge in [-0.15, -0.1) is 0 Å². The number of aromatic nitrogens is 1. The van der Waals surface area contributed by atoms with Crippen molar-refractivity contribution in [2.75, 3.05) is 30.0 Å². The number of methoxy groups -OCH3 is 1. The van der Waals surface area contributed by atoms with Crippen LogP contribution in [0, 0.1) is 12.3 Å². The van der Waals surface area contributed by atoms with Crippen molar-refractivity contribution in [2.45, 2.75) is 47.1 Å². The van der Waals surface area contributed by atoms with Crippen molar-refractivity contribution < 1.29 is 9.53 Å². The SMILES string of the molecule is COc1ccc(-c2ccc(CN(C(=O)CC(C)(C)C)c3nccc4cc(N5CCC5)ccc34)cc2)cc1C. The quantitative estimate of drug-likeness (QED) is 0.261. The normalized spacial score (nSPS) is 13.3. The fourth-order valence-corrected chi connectivity index (χ4v) is 5.01. The minimum absolute atomic E-state index is 0.0826. The van der Waals surface area contributed by atoms with Gasteiger partial charge in [0.2, 0.25) is 5.91 Å². The van der Waals surface area contributed by atoms with Crippen LogP contribution in [0.3, 0.4) is 0 Å². The molecule has 0 spiro atoms. The highest BCUT2D eigenvalue weighted by Crippen LogP contribution is 2.33. The van der Waals surface area contributed by atoms with Crippen LogP contribution >= 0.6 is 0 Å². The van der Waals surface area contributed by atoms with E-state index in [9.17, 15) is 4.79 Å². The van der Waals surface area contributed by atoms with E-state index in [2.05, 4.69) is 87.2 Å². The van der Waals surface area contributed by atoms with E-state index in [4.69, 9.17) is 9.72 Å². The summed E-state index contributed by atoms with van der Waals surface area (Å²) in [5.74, 6) is 1.69. The Labute approximate surface area is 226 Å². The summed E-state index contributed by atoms with van der Waals surface area (Å²) in [5.41, 5.74) is 5.56. The summed E-state index contributed by atoms with van der Waals surface area (Å²) < 4.78 is 5.41. The molecule has 1 amide bonds. The van der Waals surface area contributed by atoms with Crippen molar-refractivity contribution in [3.8, 4) is 16.9 Å². The molecular weight excluding hydrogens is 470 g/mol. The topological polar surface area (TPSA) is 45.7 Å². The maximum atomic E-state index is 13.7. The summed E-state index contributed by atoms with van der Waals surface area (Å²) in [6.07, 6.45) is 3.51. The van der Waals surface area contributed by atoms with Crippen molar-refractivity contribution in [3.63, 3.8) is 0 Å². The van der Waals surface area contributed by atoms with Gasteiger partial charge < -0.3 is 9.64 Å². The van der Waals surface area contributed by atoms with Gasteiger partial charge in [-0.05, 0) is 82.8 Å². The Hall–Kier alpha value is -3.86. The van der Waals surface area contributed by atoms with Gasteiger partial charge in [-0.2, -0.15) is 0 Å². The Balaban J connectivity index is 1.47. The molecule has 1 aliphatic rings. The molecule has 0 atom stereocenters. The summed E-state index contributed by atoms with van der Waals surface area (Å²) in [6.45, 7) is 11.0. The van der Waals surface area contributed by atoms with E-state index in [1.54, 1.807) is 7.11 Å². The molecule has 0 radical (unpaired) electrons. The Morgan fingerprint density at radius 3 is 2.34 bits per heavy atom. The zero-order chi connectivity index (χ0) is 26.9. The van der Waals surface area contributed by atoms with Gasteiger partial charge >= 0.3 is 0 Å². The van der Waals surface area contributed by atoms with Gasteiger partial charge in [0.15, 0.2) is 0 Å². The number of carbonyl (C=O) groups excluding carboxylic acids is 1. The van der Waals surface area contributed by atoms with Crippen LogP contribution in [-0.2, 0) is 11.3 Å². The van der Waals surface area contributed by atoms with Crippen LogP contribution in [-0.4, -0.2) is 31.1 Å². The molecule has 1 aromatic heterocycles. The highest BCUT2D eigenvalue weighted by molar-refractivity contribution is 6.03. The van der Waals surface area contributed by atoms with Gasteiger partial charge in [-0.25, -0.2) is 4.98 Å². The number of pyridine rings is 1. The van der Waals surface area contributed by atoms with E-state index in [0.717, 1.165) is 57.7 Å². The molecule has 0 saturated carbocycles. The lowest BCUT2D eigenvalue weighted by molar-refractivity contribution is -0.120. The number of hydrogen-bond donors (Lipinski definition) is 0. The maximum Gasteiger partial charge on any atom is 0.229 e. The van der Waals surface area contributed by atoms with Gasteiger partial charge in [0.25, 0.3) is 0 Å². The highest BCUT2D eigenvalue weighted by Gasteiger charge is 2.25. The van der Waals surface area contributed by atoms with Gasteiger partial charge in [-0.1, -0.05) is 51.1 Å². The number of nitrogens with zero attached hydrogens (tertiary/aromatic N) is 3. The van der Waals surface area contributed by atoms with E-state index in [0.29, 0.717) is 13.0 Å². The van der Waals surface area contributed by atoms with Crippen molar-refractivity contribution in [2.24, 2.45) is 5.41 Å². The smallest absolute Gasteiger partial charge is 0.229 e. The molecule has 0 N–H and O–H groups in total. The molecule has 2 heterocycles. The highest BCUT2D eigenvalue weighted by atomic mass is 16.5. The van der Waals surface area contributed by atoms with Crippen molar-refractivity contribution >= 4 is 28.2 Å². The zero-order valence-electron chi connectivity index (χ0n) is 23.1. The Morgan fingerprint density at radius 2 is 1.71 bits per heavy atom. The average molecular weight is 508 g/mol. The number of rotatable bonds is 7. The van der Waals surface area contributed by atoms with Gasteiger partial charge in [0.05, 0.1) is 13.7 Å². The third kappa shape index (κ3) is 5.52. The molecule has 0 aliphatic carbocycles. The fraction of sp³-hybridized carbons (Fsp3) is 0.333. The molecule has 3 aromatic carbocycles. The van der Waals surface area contributed by atoms with Crippen molar-refractivity contribution in [3.05, 3.63) is 84.1 Å². The minimum Gasteiger partial charge on any atom is -0.496 e. The van der Waals surface area contributed by atoms with Crippen molar-refractivity contribution in [1.29, 1.82) is 0 Å². The second-order valence-corrected chi connectivity index (χ2v) is 11.5. The van der Waals surface area contributed by atoms with E-state index < -0.39 is 0 Å². The van der Waals surface area contributed by atoms with Crippen LogP contribution in [0.15, 0.2) is 72.9 Å². The Bertz CT molecular complexity index is 1450. The maximum absolute atomic E-state index is 13.7. The van der Waals surface area contributed by atoms with Crippen LogP contribution in [0.1, 0.15) is 44.7 Å². The summed E-state index contributed by atoms with van der Waals surface area (Å²) in [7, 11) is 1.69. The van der Waals surface area contributed by atoms with Crippen LogP contribution in [0.25, 0.3) is 21.9 Å². The van der Waals surface area contributed by atoms with Crippen LogP contribution in [0.2, 0.25) is 0 Å². The first-order valence-corrected chi connectivity index (χ1v) is 13.4.